The van der Waals surface area contributed by atoms with Crippen LogP contribution in [0.1, 0.15) is 5.56 Å². The van der Waals surface area contributed by atoms with Crippen molar-refractivity contribution in [3.63, 3.8) is 0 Å². The zero-order valence-corrected chi connectivity index (χ0v) is 18.5. The molecule has 0 aliphatic carbocycles. The Kier molecular flexibility index (Phi) is 5.02. The summed E-state index contributed by atoms with van der Waals surface area (Å²) in [7, 11) is 0. The van der Waals surface area contributed by atoms with E-state index in [2.05, 4.69) is 37.6 Å². The summed E-state index contributed by atoms with van der Waals surface area (Å²) in [6.07, 6.45) is 5.41. The van der Waals surface area contributed by atoms with Gasteiger partial charge in [0.1, 0.15) is 5.82 Å². The molecule has 0 saturated carbocycles. The second-order valence-corrected chi connectivity index (χ2v) is 8.10. The third kappa shape index (κ3) is 4.01. The summed E-state index contributed by atoms with van der Waals surface area (Å²) >= 11 is 0. The van der Waals surface area contributed by atoms with Crippen LogP contribution < -0.4 is 5.32 Å². The molecule has 0 bridgehead atoms. The summed E-state index contributed by atoms with van der Waals surface area (Å²) in [5, 5.41) is 20.7. The molecule has 0 amide bonds. The van der Waals surface area contributed by atoms with Crippen LogP contribution >= 0.6 is 0 Å². The number of H-pyrrole nitrogens is 2. The van der Waals surface area contributed by atoms with Gasteiger partial charge in [0.15, 0.2) is 5.82 Å². The predicted octanol–water partition coefficient (Wildman–Crippen LogP) is 6.30. The smallest absolute Gasteiger partial charge is 0.161 e. The number of hydrogen-bond donors (Lipinski definition) is 3. The highest BCUT2D eigenvalue weighted by Gasteiger charge is 2.10. The minimum absolute atomic E-state index is 0.625. The van der Waals surface area contributed by atoms with Gasteiger partial charge in [-0.25, -0.2) is 9.97 Å². The largest absolute Gasteiger partial charge is 0.354 e. The fourth-order valence-electron chi connectivity index (χ4n) is 4.10. The lowest BCUT2D eigenvalue weighted by molar-refractivity contribution is 1.09. The van der Waals surface area contributed by atoms with Crippen molar-refractivity contribution in [3.8, 4) is 39.8 Å². The van der Waals surface area contributed by atoms with Crippen LogP contribution in [-0.2, 0) is 0 Å². The van der Waals surface area contributed by atoms with Crippen LogP contribution in [0, 0.1) is 11.3 Å². The molecule has 7 heteroatoms. The Hall–Kier alpha value is -5.22. The molecule has 0 aliphatic rings. The zero-order chi connectivity index (χ0) is 23.6. The van der Waals surface area contributed by atoms with Crippen molar-refractivity contribution < 1.29 is 0 Å². The van der Waals surface area contributed by atoms with Gasteiger partial charge < -0.3 is 10.3 Å². The van der Waals surface area contributed by atoms with Crippen molar-refractivity contribution in [1.29, 1.82) is 5.26 Å². The molecule has 35 heavy (non-hydrogen) atoms. The van der Waals surface area contributed by atoms with E-state index in [4.69, 9.17) is 4.98 Å². The third-order valence-electron chi connectivity index (χ3n) is 5.86. The summed E-state index contributed by atoms with van der Waals surface area (Å²) in [4.78, 5) is 12.6. The molecule has 0 spiro atoms. The summed E-state index contributed by atoms with van der Waals surface area (Å²) in [6, 6.07) is 27.9. The number of aromatic nitrogens is 5. The Labute approximate surface area is 201 Å². The number of hydrogen-bond acceptors (Lipinski definition) is 5. The van der Waals surface area contributed by atoms with E-state index in [0.717, 1.165) is 44.5 Å². The molecule has 3 aromatic heterocycles. The van der Waals surface area contributed by atoms with Gasteiger partial charge in [-0.1, -0.05) is 42.5 Å². The van der Waals surface area contributed by atoms with E-state index in [1.54, 1.807) is 12.4 Å². The van der Waals surface area contributed by atoms with Crippen molar-refractivity contribution in [2.45, 2.75) is 0 Å². The Morgan fingerprint density at radius 1 is 0.857 bits per heavy atom. The van der Waals surface area contributed by atoms with E-state index in [1.165, 1.54) is 0 Å². The number of anilines is 2. The van der Waals surface area contributed by atoms with Crippen LogP contribution in [-0.4, -0.2) is 25.1 Å². The highest BCUT2D eigenvalue weighted by molar-refractivity contribution is 5.89. The van der Waals surface area contributed by atoms with Crippen LogP contribution in [0.5, 0.6) is 0 Å². The number of rotatable bonds is 5. The Morgan fingerprint density at radius 2 is 1.71 bits per heavy atom. The standard InChI is InChI=1S/C28H19N7/c29-15-21-3-1-2-4-24(21)26-13-19-5-6-20(14-25(19)34-26)28-30-12-11-27(35-28)33-23-9-7-18(8-10-23)22-16-31-32-17-22/h1-14,16-17,34H,(H,31,32)(H,30,33,35). The monoisotopic (exact) mass is 453 g/mol. The summed E-state index contributed by atoms with van der Waals surface area (Å²) < 4.78 is 0. The first-order chi connectivity index (χ1) is 17.3. The first-order valence-electron chi connectivity index (χ1n) is 11.1. The molecular formula is C28H19N7. The summed E-state index contributed by atoms with van der Waals surface area (Å²) in [6.45, 7) is 0. The minimum atomic E-state index is 0.625. The molecule has 6 aromatic rings. The van der Waals surface area contributed by atoms with Gasteiger partial charge in [-0.05, 0) is 42.0 Å². The summed E-state index contributed by atoms with van der Waals surface area (Å²) in [5.41, 5.74) is 7.35. The van der Waals surface area contributed by atoms with Gasteiger partial charge in [0.25, 0.3) is 0 Å². The topological polar surface area (TPSA) is 106 Å². The minimum Gasteiger partial charge on any atom is -0.354 e. The van der Waals surface area contributed by atoms with Crippen molar-refractivity contribution in [2.75, 3.05) is 5.32 Å². The van der Waals surface area contributed by atoms with E-state index in [9.17, 15) is 5.26 Å². The van der Waals surface area contributed by atoms with Crippen LogP contribution in [0.25, 0.3) is 44.7 Å². The van der Waals surface area contributed by atoms with Gasteiger partial charge >= 0.3 is 0 Å². The number of nitrogens with one attached hydrogen (secondary N) is 3. The van der Waals surface area contributed by atoms with Crippen LogP contribution in [0.2, 0.25) is 0 Å². The maximum absolute atomic E-state index is 9.45. The molecule has 166 valence electrons. The quantitative estimate of drug-likeness (QED) is 0.284. The first kappa shape index (κ1) is 20.4. The van der Waals surface area contributed by atoms with Crippen LogP contribution in [0.4, 0.5) is 11.5 Å². The third-order valence-corrected chi connectivity index (χ3v) is 5.86. The molecule has 0 aliphatic heterocycles. The molecule has 0 radical (unpaired) electrons. The molecule has 7 nitrogen and oxygen atoms in total. The van der Waals surface area contributed by atoms with E-state index < -0.39 is 0 Å². The molecule has 0 fully saturated rings. The van der Waals surface area contributed by atoms with Gasteiger partial charge in [0.2, 0.25) is 0 Å². The number of nitriles is 1. The lowest BCUT2D eigenvalue weighted by Gasteiger charge is -2.08. The average Bonchev–Trinajstić information content (AvgIpc) is 3.59. The van der Waals surface area contributed by atoms with Crippen molar-refractivity contribution >= 4 is 22.4 Å². The van der Waals surface area contributed by atoms with Gasteiger partial charge in [0.05, 0.1) is 17.8 Å². The van der Waals surface area contributed by atoms with Gasteiger partial charge in [0, 0.05) is 51.4 Å². The first-order valence-corrected chi connectivity index (χ1v) is 11.1. The second kappa shape index (κ2) is 8.61. The molecule has 3 N–H and O–H groups in total. The zero-order valence-electron chi connectivity index (χ0n) is 18.5. The predicted molar refractivity (Wildman–Crippen MR) is 137 cm³/mol. The molecule has 0 saturated heterocycles. The molecular weight excluding hydrogens is 434 g/mol. The Morgan fingerprint density at radius 3 is 2.54 bits per heavy atom. The molecule has 6 rings (SSSR count). The molecule has 0 unspecified atom stereocenters. The SMILES string of the molecule is N#Cc1ccccc1-c1cc2ccc(-c3nccc(Nc4ccc(-c5cn[nH]c5)cc4)n3)cc2[nH]1. The van der Waals surface area contributed by atoms with Crippen molar-refractivity contribution in [2.24, 2.45) is 0 Å². The van der Waals surface area contributed by atoms with Crippen molar-refractivity contribution in [1.82, 2.24) is 25.1 Å². The number of aromatic amines is 2. The van der Waals surface area contributed by atoms with E-state index >= 15 is 0 Å². The maximum Gasteiger partial charge on any atom is 0.161 e. The fraction of sp³-hybridized carbons (Fsp3) is 0. The second-order valence-electron chi connectivity index (χ2n) is 8.10. The average molecular weight is 454 g/mol. The maximum atomic E-state index is 9.45. The number of nitrogens with zero attached hydrogens (tertiary/aromatic N) is 4. The number of benzene rings is 3. The van der Waals surface area contributed by atoms with Gasteiger partial charge in [-0.2, -0.15) is 10.4 Å². The Bertz CT molecular complexity index is 1670. The van der Waals surface area contributed by atoms with Crippen molar-refractivity contribution in [3.05, 3.63) is 103 Å². The normalized spacial score (nSPS) is 10.8. The summed E-state index contributed by atoms with van der Waals surface area (Å²) in [5.74, 6) is 1.33. The molecule has 3 aromatic carbocycles. The van der Waals surface area contributed by atoms with Gasteiger partial charge in [-0.15, -0.1) is 0 Å². The number of fused-ring (bicyclic) bond motifs is 1. The lowest BCUT2D eigenvalue weighted by Crippen LogP contribution is -1.96. The lowest BCUT2D eigenvalue weighted by atomic mass is 10.1. The van der Waals surface area contributed by atoms with Crippen LogP contribution in [0.15, 0.2) is 97.5 Å². The molecule has 3 heterocycles. The van der Waals surface area contributed by atoms with Crippen LogP contribution in [0.3, 0.4) is 0 Å². The fourth-order valence-corrected chi connectivity index (χ4v) is 4.10. The highest BCUT2D eigenvalue weighted by Crippen LogP contribution is 2.29. The van der Waals surface area contributed by atoms with E-state index in [0.29, 0.717) is 17.2 Å². The molecule has 0 atom stereocenters. The van der Waals surface area contributed by atoms with E-state index in [1.807, 2.05) is 79.0 Å². The highest BCUT2D eigenvalue weighted by atomic mass is 15.1. The van der Waals surface area contributed by atoms with Gasteiger partial charge in [-0.3, -0.25) is 5.10 Å². The van der Waals surface area contributed by atoms with E-state index in [-0.39, 0.29) is 0 Å². The Balaban J connectivity index is 1.27.